The van der Waals surface area contributed by atoms with E-state index < -0.39 is 6.04 Å². The second-order valence-electron chi connectivity index (χ2n) is 6.47. The van der Waals surface area contributed by atoms with Crippen molar-refractivity contribution >= 4 is 5.91 Å². The maximum Gasteiger partial charge on any atom is 0.237 e. The third-order valence-corrected chi connectivity index (χ3v) is 3.91. The number of aromatic nitrogens is 2. The molecule has 1 aliphatic carbocycles. The number of carbonyl (C=O) groups is 1. The van der Waals surface area contributed by atoms with Crippen molar-refractivity contribution in [3.8, 4) is 0 Å². The molecule has 0 saturated carbocycles. The molecule has 19 heavy (non-hydrogen) atoms. The summed E-state index contributed by atoms with van der Waals surface area (Å²) in [5.74, 6) is -0.0748. The van der Waals surface area contributed by atoms with Crippen molar-refractivity contribution in [1.29, 1.82) is 0 Å². The van der Waals surface area contributed by atoms with Gasteiger partial charge < -0.3 is 11.1 Å². The minimum Gasteiger partial charge on any atom is -0.348 e. The molecule has 2 rings (SSSR count). The lowest BCUT2D eigenvalue weighted by atomic mass is 9.86. The van der Waals surface area contributed by atoms with Crippen LogP contribution in [0.25, 0.3) is 0 Å². The Kier molecular flexibility index (Phi) is 3.67. The number of aryl methyl sites for hydroxylation is 1. The highest BCUT2D eigenvalue weighted by molar-refractivity contribution is 5.82. The Bertz CT molecular complexity index is 472. The van der Waals surface area contributed by atoms with Gasteiger partial charge in [-0.25, -0.2) is 0 Å². The van der Waals surface area contributed by atoms with E-state index in [1.807, 2.05) is 38.7 Å². The summed E-state index contributed by atoms with van der Waals surface area (Å²) in [5, 5.41) is 7.36. The van der Waals surface area contributed by atoms with Gasteiger partial charge in [0.1, 0.15) is 0 Å². The van der Waals surface area contributed by atoms with E-state index >= 15 is 0 Å². The summed E-state index contributed by atoms with van der Waals surface area (Å²) in [4.78, 5) is 12.2. The number of carbonyl (C=O) groups excluding carboxylic acids is 1. The first-order valence-electron chi connectivity index (χ1n) is 6.87. The van der Waals surface area contributed by atoms with E-state index in [2.05, 4.69) is 10.4 Å². The molecular weight excluding hydrogens is 240 g/mol. The second kappa shape index (κ2) is 4.96. The summed E-state index contributed by atoms with van der Waals surface area (Å²) in [6, 6.07) is -0.437. The average Bonchev–Trinajstić information content (AvgIpc) is 2.70. The highest BCUT2D eigenvalue weighted by Crippen LogP contribution is 2.29. The maximum atomic E-state index is 12.2. The van der Waals surface area contributed by atoms with Crippen molar-refractivity contribution in [3.05, 3.63) is 17.5 Å². The van der Waals surface area contributed by atoms with Gasteiger partial charge in [0.2, 0.25) is 5.91 Å². The topological polar surface area (TPSA) is 72.9 Å². The van der Waals surface area contributed by atoms with Crippen molar-refractivity contribution in [2.45, 2.75) is 52.1 Å². The van der Waals surface area contributed by atoms with Crippen LogP contribution in [0.2, 0.25) is 0 Å². The molecule has 3 N–H and O–H groups in total. The van der Waals surface area contributed by atoms with Gasteiger partial charge in [-0.05, 0) is 24.7 Å². The lowest BCUT2D eigenvalue weighted by Gasteiger charge is -2.30. The molecule has 0 aromatic carbocycles. The van der Waals surface area contributed by atoms with Gasteiger partial charge in [-0.1, -0.05) is 20.8 Å². The zero-order valence-electron chi connectivity index (χ0n) is 12.2. The molecular formula is C14H24N4O. The van der Waals surface area contributed by atoms with E-state index in [4.69, 9.17) is 5.73 Å². The molecule has 1 aromatic rings. The van der Waals surface area contributed by atoms with Gasteiger partial charge in [0.05, 0.1) is 18.3 Å². The van der Waals surface area contributed by atoms with Crippen LogP contribution in [0.5, 0.6) is 0 Å². The average molecular weight is 264 g/mol. The van der Waals surface area contributed by atoms with Crippen LogP contribution in [-0.4, -0.2) is 21.7 Å². The molecule has 1 unspecified atom stereocenters. The zero-order chi connectivity index (χ0) is 14.2. The minimum absolute atomic E-state index is 0.0540. The Labute approximate surface area is 114 Å². The van der Waals surface area contributed by atoms with Crippen molar-refractivity contribution in [2.75, 3.05) is 0 Å². The summed E-state index contributed by atoms with van der Waals surface area (Å²) in [7, 11) is 1.95. The van der Waals surface area contributed by atoms with E-state index in [1.54, 1.807) is 0 Å². The van der Waals surface area contributed by atoms with Crippen LogP contribution in [0, 0.1) is 5.41 Å². The first-order valence-corrected chi connectivity index (χ1v) is 6.87. The molecule has 1 aliphatic rings. The van der Waals surface area contributed by atoms with Crippen LogP contribution >= 0.6 is 0 Å². The number of amides is 1. The fourth-order valence-corrected chi connectivity index (χ4v) is 2.51. The van der Waals surface area contributed by atoms with Crippen LogP contribution in [-0.2, 0) is 18.3 Å². The summed E-state index contributed by atoms with van der Waals surface area (Å²) < 4.78 is 1.90. The molecule has 106 valence electrons. The largest absolute Gasteiger partial charge is 0.348 e. The second-order valence-corrected chi connectivity index (χ2v) is 6.47. The Hall–Kier alpha value is -1.36. The van der Waals surface area contributed by atoms with E-state index in [1.165, 1.54) is 5.69 Å². The van der Waals surface area contributed by atoms with Gasteiger partial charge >= 0.3 is 0 Å². The van der Waals surface area contributed by atoms with E-state index in [0.29, 0.717) is 0 Å². The summed E-state index contributed by atoms with van der Waals surface area (Å²) in [5.41, 5.74) is 8.14. The predicted molar refractivity (Wildman–Crippen MR) is 74.5 cm³/mol. The Morgan fingerprint density at radius 1 is 1.58 bits per heavy atom. The van der Waals surface area contributed by atoms with Crippen molar-refractivity contribution in [1.82, 2.24) is 15.1 Å². The number of nitrogens with zero attached hydrogens (tertiary/aromatic N) is 2. The lowest BCUT2D eigenvalue weighted by molar-refractivity contribution is -0.125. The van der Waals surface area contributed by atoms with Crippen LogP contribution in [0.4, 0.5) is 0 Å². The molecule has 5 heteroatoms. The van der Waals surface area contributed by atoms with Gasteiger partial charge in [-0.15, -0.1) is 0 Å². The van der Waals surface area contributed by atoms with Crippen LogP contribution < -0.4 is 11.1 Å². The Balaban J connectivity index is 2.11. The van der Waals surface area contributed by atoms with Crippen molar-refractivity contribution < 1.29 is 4.79 Å². The first kappa shape index (κ1) is 14.1. The fraction of sp³-hybridized carbons (Fsp3) is 0.714. The monoisotopic (exact) mass is 264 g/mol. The smallest absolute Gasteiger partial charge is 0.237 e. The van der Waals surface area contributed by atoms with Gasteiger partial charge in [0.25, 0.3) is 0 Å². The Morgan fingerprint density at radius 2 is 2.26 bits per heavy atom. The van der Waals surface area contributed by atoms with Crippen molar-refractivity contribution in [3.63, 3.8) is 0 Å². The molecule has 1 aromatic heterocycles. The lowest BCUT2D eigenvalue weighted by Crippen LogP contribution is -2.49. The number of hydrogen-bond donors (Lipinski definition) is 2. The molecule has 1 heterocycles. The highest BCUT2D eigenvalue weighted by Gasteiger charge is 2.31. The van der Waals surface area contributed by atoms with Gasteiger partial charge in [0.15, 0.2) is 0 Å². The van der Waals surface area contributed by atoms with Crippen LogP contribution in [0.3, 0.4) is 0 Å². The molecule has 0 radical (unpaired) electrons. The van der Waals surface area contributed by atoms with Crippen LogP contribution in [0.15, 0.2) is 6.20 Å². The number of nitrogens with one attached hydrogen (secondary N) is 1. The van der Waals surface area contributed by atoms with E-state index in [0.717, 1.165) is 24.8 Å². The first-order chi connectivity index (χ1) is 8.80. The molecule has 0 spiro atoms. The molecule has 0 bridgehead atoms. The van der Waals surface area contributed by atoms with E-state index in [9.17, 15) is 4.79 Å². The summed E-state index contributed by atoms with van der Waals surface area (Å²) in [6.07, 6.45) is 4.93. The molecule has 2 atom stereocenters. The Morgan fingerprint density at radius 3 is 2.89 bits per heavy atom. The molecule has 1 amide bonds. The number of hydrogen-bond acceptors (Lipinski definition) is 3. The number of nitrogens with two attached hydrogens (primary N) is 1. The van der Waals surface area contributed by atoms with E-state index in [-0.39, 0.29) is 17.4 Å². The SMILES string of the molecule is Cn1ncc2c1CCCC2NC(=O)[C@@H](N)C(C)(C)C. The standard InChI is InChI=1S/C14H24N4O/c1-14(2,3)12(15)13(19)17-10-6-5-7-11-9(10)8-16-18(11)4/h8,10,12H,5-7,15H2,1-4H3,(H,17,19)/t10?,12-/m1/s1. The normalized spacial score (nSPS) is 20.8. The van der Waals surface area contributed by atoms with Gasteiger partial charge in [-0.3, -0.25) is 9.48 Å². The fourth-order valence-electron chi connectivity index (χ4n) is 2.51. The van der Waals surface area contributed by atoms with Gasteiger partial charge in [0, 0.05) is 18.3 Å². The summed E-state index contributed by atoms with van der Waals surface area (Å²) >= 11 is 0. The third-order valence-electron chi connectivity index (χ3n) is 3.91. The molecule has 0 fully saturated rings. The number of rotatable bonds is 2. The molecule has 0 saturated heterocycles. The quantitative estimate of drug-likeness (QED) is 0.845. The minimum atomic E-state index is -0.491. The summed E-state index contributed by atoms with van der Waals surface area (Å²) in [6.45, 7) is 5.94. The molecule has 0 aliphatic heterocycles. The highest BCUT2D eigenvalue weighted by atomic mass is 16.2. The third kappa shape index (κ3) is 2.81. The zero-order valence-corrected chi connectivity index (χ0v) is 12.2. The van der Waals surface area contributed by atoms with Crippen molar-refractivity contribution in [2.24, 2.45) is 18.2 Å². The van der Waals surface area contributed by atoms with Gasteiger partial charge in [-0.2, -0.15) is 5.10 Å². The maximum absolute atomic E-state index is 12.2. The van der Waals surface area contributed by atoms with Crippen LogP contribution in [0.1, 0.15) is 50.9 Å². The number of fused-ring (bicyclic) bond motifs is 1. The predicted octanol–water partition coefficient (Wildman–Crippen LogP) is 1.29. The molecule has 5 nitrogen and oxygen atoms in total.